The number of amides is 1. The summed E-state index contributed by atoms with van der Waals surface area (Å²) in [4.78, 5) is 12.1. The Bertz CT molecular complexity index is 865. The Morgan fingerprint density at radius 3 is 2.36 bits per heavy atom. The standard InChI is InChI=1S/C17H20N2O5S/c1-12-9-15(24-3)7-8-16(12)25(21,22)18-11-17(20)19-13-5-4-6-14(10-13)23-2/h4-10,18H,11H2,1-3H3,(H,19,20). The van der Waals surface area contributed by atoms with Crippen molar-refractivity contribution in [2.45, 2.75) is 11.8 Å². The molecule has 0 bridgehead atoms. The zero-order valence-electron chi connectivity index (χ0n) is 14.2. The van der Waals surface area contributed by atoms with E-state index in [0.717, 1.165) is 0 Å². The summed E-state index contributed by atoms with van der Waals surface area (Å²) in [6.07, 6.45) is 0. The van der Waals surface area contributed by atoms with E-state index in [1.165, 1.54) is 20.3 Å². The highest BCUT2D eigenvalue weighted by atomic mass is 32.2. The third-order valence-corrected chi connectivity index (χ3v) is 5.01. The van der Waals surface area contributed by atoms with E-state index in [1.807, 2.05) is 0 Å². The van der Waals surface area contributed by atoms with Crippen LogP contribution in [0.1, 0.15) is 5.56 Å². The van der Waals surface area contributed by atoms with E-state index >= 15 is 0 Å². The normalized spacial score (nSPS) is 11.0. The summed E-state index contributed by atoms with van der Waals surface area (Å²) < 4.78 is 37.1. The molecule has 0 spiro atoms. The number of hydrogen-bond acceptors (Lipinski definition) is 5. The van der Waals surface area contributed by atoms with Crippen molar-refractivity contribution >= 4 is 21.6 Å². The van der Waals surface area contributed by atoms with E-state index in [-0.39, 0.29) is 11.4 Å². The Kier molecular flexibility index (Phi) is 6.00. The molecule has 0 radical (unpaired) electrons. The molecule has 0 saturated heterocycles. The zero-order chi connectivity index (χ0) is 18.4. The largest absolute Gasteiger partial charge is 0.497 e. The van der Waals surface area contributed by atoms with Crippen molar-refractivity contribution in [1.29, 1.82) is 0 Å². The second-order valence-corrected chi connectivity index (χ2v) is 6.97. The molecule has 0 unspecified atom stereocenters. The van der Waals surface area contributed by atoms with Crippen LogP contribution in [0.15, 0.2) is 47.4 Å². The van der Waals surface area contributed by atoms with Gasteiger partial charge in [-0.1, -0.05) is 6.07 Å². The number of anilines is 1. The number of carbonyl (C=O) groups is 1. The Labute approximate surface area is 147 Å². The van der Waals surface area contributed by atoms with Gasteiger partial charge in [0.25, 0.3) is 0 Å². The maximum atomic E-state index is 12.4. The van der Waals surface area contributed by atoms with E-state index in [2.05, 4.69) is 10.0 Å². The fourth-order valence-electron chi connectivity index (χ4n) is 2.19. The lowest BCUT2D eigenvalue weighted by molar-refractivity contribution is -0.115. The summed E-state index contributed by atoms with van der Waals surface area (Å²) in [5, 5.41) is 2.61. The van der Waals surface area contributed by atoms with E-state index in [9.17, 15) is 13.2 Å². The van der Waals surface area contributed by atoms with Crippen LogP contribution in [0.3, 0.4) is 0 Å². The smallest absolute Gasteiger partial charge is 0.241 e. The summed E-state index contributed by atoms with van der Waals surface area (Å²) in [5.41, 5.74) is 1.05. The molecule has 2 aromatic rings. The van der Waals surface area contributed by atoms with Gasteiger partial charge in [0, 0.05) is 11.8 Å². The van der Waals surface area contributed by atoms with Crippen LogP contribution in [0, 0.1) is 6.92 Å². The molecule has 0 saturated carbocycles. The van der Waals surface area contributed by atoms with Gasteiger partial charge in [0.15, 0.2) is 0 Å². The van der Waals surface area contributed by atoms with E-state index in [4.69, 9.17) is 9.47 Å². The van der Waals surface area contributed by atoms with Gasteiger partial charge in [0.1, 0.15) is 11.5 Å². The Balaban J connectivity index is 2.02. The predicted octanol–water partition coefficient (Wildman–Crippen LogP) is 1.93. The van der Waals surface area contributed by atoms with Crippen molar-refractivity contribution in [3.63, 3.8) is 0 Å². The first-order chi connectivity index (χ1) is 11.9. The first kappa shape index (κ1) is 18.8. The molecule has 1 amide bonds. The fraction of sp³-hybridized carbons (Fsp3) is 0.235. The molecule has 8 heteroatoms. The highest BCUT2D eigenvalue weighted by molar-refractivity contribution is 7.89. The van der Waals surface area contributed by atoms with Crippen molar-refractivity contribution in [3.05, 3.63) is 48.0 Å². The monoisotopic (exact) mass is 364 g/mol. The fourth-order valence-corrected chi connectivity index (χ4v) is 3.40. The number of aryl methyl sites for hydroxylation is 1. The van der Waals surface area contributed by atoms with Crippen LogP contribution < -0.4 is 19.5 Å². The minimum Gasteiger partial charge on any atom is -0.497 e. The third-order valence-electron chi connectivity index (χ3n) is 3.45. The van der Waals surface area contributed by atoms with Gasteiger partial charge < -0.3 is 14.8 Å². The topological polar surface area (TPSA) is 93.7 Å². The van der Waals surface area contributed by atoms with Gasteiger partial charge in [-0.15, -0.1) is 0 Å². The second-order valence-electron chi connectivity index (χ2n) is 5.24. The van der Waals surface area contributed by atoms with Crippen LogP contribution >= 0.6 is 0 Å². The lowest BCUT2D eigenvalue weighted by Crippen LogP contribution is -2.33. The Morgan fingerprint density at radius 1 is 1.04 bits per heavy atom. The lowest BCUT2D eigenvalue weighted by Gasteiger charge is -2.11. The molecule has 2 aromatic carbocycles. The molecular weight excluding hydrogens is 344 g/mol. The minimum absolute atomic E-state index is 0.0995. The third kappa shape index (κ3) is 4.94. The van der Waals surface area contributed by atoms with E-state index in [0.29, 0.717) is 22.7 Å². The van der Waals surface area contributed by atoms with Crippen LogP contribution in [0.4, 0.5) is 5.69 Å². The second kappa shape index (κ2) is 8.00. The number of nitrogens with one attached hydrogen (secondary N) is 2. The van der Waals surface area contributed by atoms with Crippen LogP contribution in [-0.2, 0) is 14.8 Å². The predicted molar refractivity (Wildman–Crippen MR) is 94.5 cm³/mol. The molecular formula is C17H20N2O5S. The molecule has 0 aliphatic rings. The molecule has 0 aliphatic heterocycles. The van der Waals surface area contributed by atoms with Gasteiger partial charge in [-0.05, 0) is 42.8 Å². The molecule has 0 heterocycles. The molecule has 25 heavy (non-hydrogen) atoms. The molecule has 2 N–H and O–H groups in total. The van der Waals surface area contributed by atoms with Crippen molar-refractivity contribution < 1.29 is 22.7 Å². The summed E-state index contributed by atoms with van der Waals surface area (Å²) in [5.74, 6) is 0.669. The van der Waals surface area contributed by atoms with Gasteiger partial charge in [-0.25, -0.2) is 13.1 Å². The maximum absolute atomic E-state index is 12.4. The quantitative estimate of drug-likeness (QED) is 0.783. The summed E-state index contributed by atoms with van der Waals surface area (Å²) in [7, 11) is -0.783. The molecule has 0 aromatic heterocycles. The number of benzene rings is 2. The van der Waals surface area contributed by atoms with Crippen molar-refractivity contribution in [2.75, 3.05) is 26.1 Å². The number of sulfonamides is 1. The average molecular weight is 364 g/mol. The molecule has 134 valence electrons. The molecule has 0 aliphatic carbocycles. The van der Waals surface area contributed by atoms with Gasteiger partial charge in [-0.3, -0.25) is 4.79 Å². The van der Waals surface area contributed by atoms with Gasteiger partial charge in [0.05, 0.1) is 25.7 Å². The van der Waals surface area contributed by atoms with Gasteiger partial charge in [-0.2, -0.15) is 0 Å². The number of carbonyl (C=O) groups excluding carboxylic acids is 1. The number of methoxy groups -OCH3 is 2. The number of rotatable bonds is 7. The SMILES string of the molecule is COc1cccc(NC(=O)CNS(=O)(=O)c2ccc(OC)cc2C)c1. The molecule has 0 fully saturated rings. The molecule has 7 nitrogen and oxygen atoms in total. The van der Waals surface area contributed by atoms with Gasteiger partial charge in [0.2, 0.25) is 15.9 Å². The van der Waals surface area contributed by atoms with Crippen LogP contribution in [0.2, 0.25) is 0 Å². The Hall–Kier alpha value is -2.58. The highest BCUT2D eigenvalue weighted by Gasteiger charge is 2.18. The van der Waals surface area contributed by atoms with Crippen molar-refractivity contribution in [3.8, 4) is 11.5 Å². The summed E-state index contributed by atoms with van der Waals surface area (Å²) in [6.45, 7) is 1.28. The summed E-state index contributed by atoms with van der Waals surface area (Å²) in [6, 6.07) is 11.4. The van der Waals surface area contributed by atoms with E-state index < -0.39 is 15.9 Å². The Morgan fingerprint density at radius 2 is 1.72 bits per heavy atom. The van der Waals surface area contributed by atoms with Crippen LogP contribution in [0.5, 0.6) is 11.5 Å². The first-order valence-electron chi connectivity index (χ1n) is 7.44. The first-order valence-corrected chi connectivity index (χ1v) is 8.92. The number of ether oxygens (including phenoxy) is 2. The number of hydrogen-bond donors (Lipinski definition) is 2. The van der Waals surface area contributed by atoms with Crippen molar-refractivity contribution in [2.24, 2.45) is 0 Å². The maximum Gasteiger partial charge on any atom is 0.241 e. The van der Waals surface area contributed by atoms with Crippen LogP contribution in [-0.4, -0.2) is 35.1 Å². The zero-order valence-corrected chi connectivity index (χ0v) is 15.0. The highest BCUT2D eigenvalue weighted by Crippen LogP contribution is 2.21. The molecule has 0 atom stereocenters. The molecule has 2 rings (SSSR count). The van der Waals surface area contributed by atoms with E-state index in [1.54, 1.807) is 43.3 Å². The van der Waals surface area contributed by atoms with Crippen LogP contribution in [0.25, 0.3) is 0 Å². The van der Waals surface area contributed by atoms with Crippen molar-refractivity contribution in [1.82, 2.24) is 4.72 Å². The minimum atomic E-state index is -3.81. The van der Waals surface area contributed by atoms with Gasteiger partial charge >= 0.3 is 0 Å². The summed E-state index contributed by atoms with van der Waals surface area (Å²) >= 11 is 0. The average Bonchev–Trinajstić information content (AvgIpc) is 2.60. The lowest BCUT2D eigenvalue weighted by atomic mass is 10.2.